The van der Waals surface area contributed by atoms with E-state index in [0.29, 0.717) is 18.0 Å². The van der Waals surface area contributed by atoms with Crippen molar-refractivity contribution in [2.24, 2.45) is 5.92 Å². The lowest BCUT2D eigenvalue weighted by Crippen LogP contribution is -2.32. The predicted octanol–water partition coefficient (Wildman–Crippen LogP) is 2.97. The second-order valence-corrected chi connectivity index (χ2v) is 5.75. The Morgan fingerprint density at radius 2 is 1.74 bits per heavy atom. The zero-order chi connectivity index (χ0) is 14.1. The van der Waals surface area contributed by atoms with Crippen LogP contribution >= 0.6 is 0 Å². The van der Waals surface area contributed by atoms with Crippen LogP contribution in [-0.4, -0.2) is 23.6 Å². The van der Waals surface area contributed by atoms with Gasteiger partial charge in [0.15, 0.2) is 0 Å². The molecule has 3 heteroatoms. The van der Waals surface area contributed by atoms with E-state index < -0.39 is 0 Å². The monoisotopic (exact) mass is 263 g/mol. The minimum Gasteiger partial charge on any atom is -0.315 e. The lowest BCUT2D eigenvalue weighted by atomic mass is 9.97. The summed E-state index contributed by atoms with van der Waals surface area (Å²) in [5, 5.41) is 7.07. The molecule has 0 saturated heterocycles. The maximum atomic E-state index is 4.04. The number of aromatic nitrogens is 1. The summed E-state index contributed by atoms with van der Waals surface area (Å²) >= 11 is 0. The molecule has 108 valence electrons. The van der Waals surface area contributed by atoms with Gasteiger partial charge in [0.25, 0.3) is 0 Å². The van der Waals surface area contributed by atoms with Crippen molar-refractivity contribution in [3.8, 4) is 0 Å². The first-order valence-electron chi connectivity index (χ1n) is 7.45. The molecule has 1 heterocycles. The highest BCUT2D eigenvalue weighted by Crippen LogP contribution is 2.11. The van der Waals surface area contributed by atoms with Gasteiger partial charge in [0.1, 0.15) is 0 Å². The van der Waals surface area contributed by atoms with E-state index in [9.17, 15) is 0 Å². The third-order valence-corrected chi connectivity index (χ3v) is 3.62. The van der Waals surface area contributed by atoms with Crippen molar-refractivity contribution in [2.75, 3.05) is 6.54 Å². The average Bonchev–Trinajstić information content (AvgIpc) is 2.41. The highest BCUT2D eigenvalue weighted by molar-refractivity contribution is 5.09. The van der Waals surface area contributed by atoms with Crippen LogP contribution in [0.5, 0.6) is 0 Å². The summed E-state index contributed by atoms with van der Waals surface area (Å²) < 4.78 is 0. The van der Waals surface area contributed by atoms with Crippen molar-refractivity contribution in [2.45, 2.75) is 59.2 Å². The number of nitrogens with zero attached hydrogens (tertiary/aromatic N) is 1. The van der Waals surface area contributed by atoms with Gasteiger partial charge in [-0.3, -0.25) is 4.98 Å². The standard InChI is InChI=1S/C16H29N3/c1-13(2)18-9-5-6-14(3)15(4)19-12-16-7-10-17-11-8-16/h7-8,10-11,13-15,18-19H,5-6,9,12H2,1-4H3. The van der Waals surface area contributed by atoms with Gasteiger partial charge >= 0.3 is 0 Å². The number of nitrogens with one attached hydrogen (secondary N) is 2. The maximum absolute atomic E-state index is 4.04. The second-order valence-electron chi connectivity index (χ2n) is 5.75. The molecule has 2 unspecified atom stereocenters. The highest BCUT2D eigenvalue weighted by atomic mass is 14.9. The van der Waals surface area contributed by atoms with Gasteiger partial charge in [-0.1, -0.05) is 20.8 Å². The number of hydrogen-bond acceptors (Lipinski definition) is 3. The fourth-order valence-corrected chi connectivity index (χ4v) is 2.05. The zero-order valence-electron chi connectivity index (χ0n) is 12.8. The van der Waals surface area contributed by atoms with Crippen LogP contribution in [0.25, 0.3) is 0 Å². The molecule has 1 rings (SSSR count). The molecule has 0 radical (unpaired) electrons. The first-order valence-corrected chi connectivity index (χ1v) is 7.45. The van der Waals surface area contributed by atoms with Crippen LogP contribution in [0.4, 0.5) is 0 Å². The molecule has 0 aromatic carbocycles. The Kier molecular flexibility index (Phi) is 7.68. The third kappa shape index (κ3) is 7.28. The van der Waals surface area contributed by atoms with E-state index in [4.69, 9.17) is 0 Å². The second kappa shape index (κ2) is 9.05. The Balaban J connectivity index is 2.16. The number of hydrogen-bond donors (Lipinski definition) is 2. The number of rotatable bonds is 9. The molecule has 1 aromatic heterocycles. The molecule has 0 amide bonds. The van der Waals surface area contributed by atoms with Gasteiger partial charge in [0, 0.05) is 31.0 Å². The van der Waals surface area contributed by atoms with E-state index in [2.05, 4.69) is 55.4 Å². The summed E-state index contributed by atoms with van der Waals surface area (Å²) in [5.41, 5.74) is 1.30. The third-order valence-electron chi connectivity index (χ3n) is 3.62. The van der Waals surface area contributed by atoms with Gasteiger partial charge in [-0.15, -0.1) is 0 Å². The summed E-state index contributed by atoms with van der Waals surface area (Å²) in [6.07, 6.45) is 6.22. The maximum Gasteiger partial charge on any atom is 0.0271 e. The quantitative estimate of drug-likeness (QED) is 0.673. The van der Waals surface area contributed by atoms with Gasteiger partial charge in [0.2, 0.25) is 0 Å². The Morgan fingerprint density at radius 3 is 2.37 bits per heavy atom. The van der Waals surface area contributed by atoms with Gasteiger partial charge in [-0.25, -0.2) is 0 Å². The van der Waals surface area contributed by atoms with Crippen LogP contribution in [0.15, 0.2) is 24.5 Å². The van der Waals surface area contributed by atoms with E-state index in [1.54, 1.807) is 0 Å². The lowest BCUT2D eigenvalue weighted by molar-refractivity contribution is 0.365. The van der Waals surface area contributed by atoms with Crippen molar-refractivity contribution in [3.63, 3.8) is 0 Å². The molecule has 0 aliphatic rings. The predicted molar refractivity (Wildman–Crippen MR) is 82.1 cm³/mol. The largest absolute Gasteiger partial charge is 0.315 e. The number of pyridine rings is 1. The average molecular weight is 263 g/mol. The van der Waals surface area contributed by atoms with E-state index in [0.717, 1.165) is 13.1 Å². The SMILES string of the molecule is CC(C)NCCCC(C)C(C)NCc1ccncc1. The Morgan fingerprint density at radius 1 is 1.05 bits per heavy atom. The summed E-state index contributed by atoms with van der Waals surface area (Å²) in [6.45, 7) is 11.1. The van der Waals surface area contributed by atoms with Gasteiger partial charge in [-0.2, -0.15) is 0 Å². The van der Waals surface area contributed by atoms with Crippen molar-refractivity contribution < 1.29 is 0 Å². The van der Waals surface area contributed by atoms with Crippen LogP contribution in [-0.2, 0) is 6.54 Å². The Hall–Kier alpha value is -0.930. The molecule has 0 spiro atoms. The lowest BCUT2D eigenvalue weighted by Gasteiger charge is -2.21. The van der Waals surface area contributed by atoms with Gasteiger partial charge in [0.05, 0.1) is 0 Å². The van der Waals surface area contributed by atoms with E-state index in [1.807, 2.05) is 12.4 Å². The van der Waals surface area contributed by atoms with Crippen LogP contribution in [0, 0.1) is 5.92 Å². The smallest absolute Gasteiger partial charge is 0.0271 e. The summed E-state index contributed by atoms with van der Waals surface area (Å²) in [6, 6.07) is 5.28. The minimum absolute atomic E-state index is 0.548. The molecule has 1 aromatic rings. The topological polar surface area (TPSA) is 37.0 Å². The molecule has 2 atom stereocenters. The van der Waals surface area contributed by atoms with Gasteiger partial charge < -0.3 is 10.6 Å². The molecular weight excluding hydrogens is 234 g/mol. The zero-order valence-corrected chi connectivity index (χ0v) is 12.8. The van der Waals surface area contributed by atoms with Crippen molar-refractivity contribution in [3.05, 3.63) is 30.1 Å². The first kappa shape index (κ1) is 16.1. The highest BCUT2D eigenvalue weighted by Gasteiger charge is 2.11. The molecular formula is C16H29N3. The Labute approximate surface area is 118 Å². The van der Waals surface area contributed by atoms with E-state index in [-0.39, 0.29) is 0 Å². The van der Waals surface area contributed by atoms with Crippen LogP contribution in [0.3, 0.4) is 0 Å². The molecule has 0 aliphatic heterocycles. The summed E-state index contributed by atoms with van der Waals surface area (Å²) in [4.78, 5) is 4.04. The van der Waals surface area contributed by atoms with Crippen LogP contribution in [0.1, 0.15) is 46.1 Å². The summed E-state index contributed by atoms with van der Waals surface area (Å²) in [7, 11) is 0. The van der Waals surface area contributed by atoms with Crippen molar-refractivity contribution in [1.82, 2.24) is 15.6 Å². The summed E-state index contributed by atoms with van der Waals surface area (Å²) in [5.74, 6) is 0.704. The van der Waals surface area contributed by atoms with E-state index in [1.165, 1.54) is 18.4 Å². The fraction of sp³-hybridized carbons (Fsp3) is 0.688. The molecule has 0 aliphatic carbocycles. The molecule has 0 saturated carbocycles. The van der Waals surface area contributed by atoms with Crippen LogP contribution < -0.4 is 10.6 Å². The first-order chi connectivity index (χ1) is 9.09. The molecule has 0 fully saturated rings. The molecule has 2 N–H and O–H groups in total. The minimum atomic E-state index is 0.548. The van der Waals surface area contributed by atoms with Crippen LogP contribution in [0.2, 0.25) is 0 Å². The fourth-order valence-electron chi connectivity index (χ4n) is 2.05. The normalized spacial score (nSPS) is 14.6. The van der Waals surface area contributed by atoms with E-state index >= 15 is 0 Å². The molecule has 0 bridgehead atoms. The molecule has 3 nitrogen and oxygen atoms in total. The van der Waals surface area contributed by atoms with Crippen molar-refractivity contribution >= 4 is 0 Å². The van der Waals surface area contributed by atoms with Crippen molar-refractivity contribution in [1.29, 1.82) is 0 Å². The molecule has 19 heavy (non-hydrogen) atoms. The van der Waals surface area contributed by atoms with Gasteiger partial charge in [-0.05, 0) is 49.9 Å². The Bertz CT molecular complexity index is 324.